The van der Waals surface area contributed by atoms with Crippen molar-refractivity contribution in [2.24, 2.45) is 0 Å². The van der Waals surface area contributed by atoms with E-state index in [0.29, 0.717) is 13.3 Å². The molecule has 0 saturated heterocycles. The van der Waals surface area contributed by atoms with Crippen LogP contribution in [0.5, 0.6) is 0 Å². The maximum Gasteiger partial charge on any atom is 0.123 e. The van der Waals surface area contributed by atoms with E-state index in [1.807, 2.05) is 10.8 Å². The molecule has 0 aliphatic heterocycles. The second-order valence-corrected chi connectivity index (χ2v) is 3.52. The second-order valence-electron chi connectivity index (χ2n) is 1.97. The quantitative estimate of drug-likeness (QED) is 0.514. The molecule has 0 aliphatic rings. The van der Waals surface area contributed by atoms with Crippen LogP contribution in [-0.2, 0) is 11.5 Å². The number of hydrogen-bond acceptors (Lipinski definition) is 3. The van der Waals surface area contributed by atoms with E-state index in [9.17, 15) is 0 Å². The van der Waals surface area contributed by atoms with Crippen LogP contribution in [-0.4, -0.2) is 21.9 Å². The van der Waals surface area contributed by atoms with Crippen molar-refractivity contribution in [3.8, 4) is 0 Å². The smallest absolute Gasteiger partial charge is 0.123 e. The van der Waals surface area contributed by atoms with Crippen molar-refractivity contribution < 1.29 is 4.74 Å². The fraction of sp³-hybridized carbons (Fsp3) is 0.500. The number of hydrogen-bond donors (Lipinski definition) is 1. The molecule has 3 nitrogen and oxygen atoms in total. The van der Waals surface area contributed by atoms with Gasteiger partial charge in [-0.15, -0.1) is 0 Å². The van der Waals surface area contributed by atoms with E-state index in [1.165, 1.54) is 0 Å². The Morgan fingerprint density at radius 2 is 2.55 bits per heavy atom. The van der Waals surface area contributed by atoms with Crippen LogP contribution in [0, 0.1) is 3.70 Å². The van der Waals surface area contributed by atoms with Gasteiger partial charge in [-0.2, -0.15) is 12.6 Å². The normalized spacial score (nSPS) is 10.4. The zero-order valence-corrected chi connectivity index (χ0v) is 8.96. The van der Waals surface area contributed by atoms with Crippen LogP contribution in [0.3, 0.4) is 0 Å². The van der Waals surface area contributed by atoms with Gasteiger partial charge in [-0.05, 0) is 22.6 Å². The van der Waals surface area contributed by atoms with Gasteiger partial charge in [0, 0.05) is 11.9 Å². The Morgan fingerprint density at radius 1 is 1.73 bits per heavy atom. The van der Waals surface area contributed by atoms with Crippen molar-refractivity contribution in [3.63, 3.8) is 0 Å². The first kappa shape index (κ1) is 9.34. The molecule has 1 heterocycles. The van der Waals surface area contributed by atoms with E-state index in [1.54, 1.807) is 6.33 Å². The minimum atomic E-state index is 0.566. The molecule has 0 N–H and O–H groups in total. The topological polar surface area (TPSA) is 27.1 Å². The monoisotopic (exact) mass is 284 g/mol. The van der Waals surface area contributed by atoms with Gasteiger partial charge in [0.15, 0.2) is 0 Å². The predicted molar refractivity (Wildman–Crippen MR) is 54.7 cm³/mol. The lowest BCUT2D eigenvalue weighted by molar-refractivity contribution is 0.0900. The van der Waals surface area contributed by atoms with Gasteiger partial charge in [0.1, 0.15) is 10.4 Å². The molecule has 0 unspecified atom stereocenters. The Balaban J connectivity index is 2.27. The minimum Gasteiger partial charge on any atom is -0.360 e. The summed E-state index contributed by atoms with van der Waals surface area (Å²) in [6, 6.07) is 0. The first-order chi connectivity index (χ1) is 5.33. The molecular weight excluding hydrogens is 275 g/mol. The van der Waals surface area contributed by atoms with E-state index >= 15 is 0 Å². The van der Waals surface area contributed by atoms with Crippen LogP contribution < -0.4 is 0 Å². The molecule has 0 aliphatic carbocycles. The summed E-state index contributed by atoms with van der Waals surface area (Å²) in [4.78, 5) is 4.05. The van der Waals surface area contributed by atoms with E-state index in [4.69, 9.17) is 4.74 Å². The fourth-order valence-corrected chi connectivity index (χ4v) is 1.25. The average molecular weight is 284 g/mol. The highest BCUT2D eigenvalue weighted by molar-refractivity contribution is 14.1. The first-order valence-corrected chi connectivity index (χ1v) is 4.90. The van der Waals surface area contributed by atoms with Crippen LogP contribution in [0.25, 0.3) is 0 Å². The molecule has 5 heteroatoms. The summed E-state index contributed by atoms with van der Waals surface area (Å²) in [7, 11) is 0. The third-order valence-electron chi connectivity index (χ3n) is 1.08. The summed E-state index contributed by atoms with van der Waals surface area (Å²) in [6.45, 7) is 1.24. The van der Waals surface area contributed by atoms with Gasteiger partial charge in [-0.25, -0.2) is 4.98 Å². The predicted octanol–water partition coefficient (Wildman–Crippen LogP) is 1.39. The molecule has 1 rings (SSSR count). The van der Waals surface area contributed by atoms with Crippen LogP contribution in [0.2, 0.25) is 0 Å². The van der Waals surface area contributed by atoms with Crippen molar-refractivity contribution in [1.29, 1.82) is 0 Å². The number of halogens is 1. The third-order valence-corrected chi connectivity index (χ3v) is 1.82. The Hall–Kier alpha value is 0.250. The Morgan fingerprint density at radius 3 is 3.09 bits per heavy atom. The zero-order chi connectivity index (χ0) is 8.10. The number of nitrogens with zero attached hydrogens (tertiary/aromatic N) is 2. The highest BCUT2D eigenvalue weighted by Crippen LogP contribution is 1.99. The molecule has 11 heavy (non-hydrogen) atoms. The van der Waals surface area contributed by atoms with E-state index < -0.39 is 0 Å². The Kier molecular flexibility index (Phi) is 4.24. The van der Waals surface area contributed by atoms with Gasteiger partial charge in [0.2, 0.25) is 0 Å². The molecule has 1 aromatic rings. The van der Waals surface area contributed by atoms with Crippen molar-refractivity contribution in [2.75, 3.05) is 12.4 Å². The summed E-state index contributed by atoms with van der Waals surface area (Å²) < 4.78 is 8.10. The second kappa shape index (κ2) is 5.00. The van der Waals surface area contributed by atoms with Gasteiger partial charge in [0.25, 0.3) is 0 Å². The molecule has 0 radical (unpaired) electrons. The van der Waals surface area contributed by atoms with Gasteiger partial charge < -0.3 is 9.30 Å². The zero-order valence-electron chi connectivity index (χ0n) is 5.90. The van der Waals surface area contributed by atoms with E-state index in [-0.39, 0.29) is 0 Å². The van der Waals surface area contributed by atoms with Crippen LogP contribution >= 0.6 is 35.2 Å². The average Bonchev–Trinajstić information content (AvgIpc) is 2.37. The lowest BCUT2D eigenvalue weighted by Crippen LogP contribution is -2.01. The minimum absolute atomic E-state index is 0.566. The molecule has 0 spiro atoms. The largest absolute Gasteiger partial charge is 0.360 e. The van der Waals surface area contributed by atoms with Crippen LogP contribution in [0.1, 0.15) is 0 Å². The number of ether oxygens (including phenoxy) is 1. The van der Waals surface area contributed by atoms with Gasteiger partial charge in [-0.1, -0.05) is 0 Å². The number of imidazole rings is 1. The lowest BCUT2D eigenvalue weighted by atomic mass is 10.8. The van der Waals surface area contributed by atoms with Crippen molar-refractivity contribution in [1.82, 2.24) is 9.55 Å². The van der Waals surface area contributed by atoms with Gasteiger partial charge in [0.05, 0.1) is 12.9 Å². The van der Waals surface area contributed by atoms with Crippen LogP contribution in [0.4, 0.5) is 0 Å². The van der Waals surface area contributed by atoms with Crippen molar-refractivity contribution in [3.05, 3.63) is 16.2 Å². The summed E-state index contributed by atoms with van der Waals surface area (Å²) in [5.41, 5.74) is 0. The standard InChI is InChI=1S/C6H9IN2OS/c7-6-3-9(4-8-6)5-10-1-2-11/h3-4,11H,1-2,5H2. The number of aromatic nitrogens is 2. The molecule has 1 aromatic heterocycles. The molecule has 0 saturated carbocycles. The summed E-state index contributed by atoms with van der Waals surface area (Å²) in [5, 5.41) is 0. The molecule has 0 bridgehead atoms. The molecule has 0 aromatic carbocycles. The summed E-state index contributed by atoms with van der Waals surface area (Å²) >= 11 is 6.18. The SMILES string of the molecule is SCCOCn1cnc(I)c1. The molecule has 0 fully saturated rings. The highest BCUT2D eigenvalue weighted by atomic mass is 127. The van der Waals surface area contributed by atoms with Gasteiger partial charge >= 0.3 is 0 Å². The molecule has 62 valence electrons. The van der Waals surface area contributed by atoms with E-state index in [2.05, 4.69) is 40.2 Å². The molecular formula is C6H9IN2OS. The molecule has 0 amide bonds. The highest BCUT2D eigenvalue weighted by Gasteiger charge is 1.92. The first-order valence-electron chi connectivity index (χ1n) is 3.19. The summed E-state index contributed by atoms with van der Waals surface area (Å²) in [5.74, 6) is 0.756. The maximum atomic E-state index is 5.23. The van der Waals surface area contributed by atoms with Crippen molar-refractivity contribution >= 4 is 35.2 Å². The third kappa shape index (κ3) is 3.44. The fourth-order valence-electron chi connectivity index (χ4n) is 0.638. The van der Waals surface area contributed by atoms with E-state index in [0.717, 1.165) is 9.45 Å². The number of rotatable bonds is 4. The van der Waals surface area contributed by atoms with Gasteiger partial charge in [-0.3, -0.25) is 0 Å². The van der Waals surface area contributed by atoms with Crippen LogP contribution in [0.15, 0.2) is 12.5 Å². The maximum absolute atomic E-state index is 5.23. The Labute approximate surface area is 84.7 Å². The lowest BCUT2D eigenvalue weighted by Gasteiger charge is -2.00. The number of thiol groups is 1. The Bertz CT molecular complexity index is 216. The summed E-state index contributed by atoms with van der Waals surface area (Å²) in [6.07, 6.45) is 3.68. The van der Waals surface area contributed by atoms with Crippen molar-refractivity contribution in [2.45, 2.75) is 6.73 Å². The molecule has 0 atom stereocenters.